The molecule has 0 aliphatic carbocycles. The third-order valence-corrected chi connectivity index (χ3v) is 3.25. The van der Waals surface area contributed by atoms with Crippen molar-refractivity contribution in [1.29, 1.82) is 0 Å². The van der Waals surface area contributed by atoms with Crippen molar-refractivity contribution in [2.75, 3.05) is 0 Å². The number of halogens is 1. The van der Waals surface area contributed by atoms with Crippen LogP contribution in [0.2, 0.25) is 0 Å². The molecule has 0 aliphatic rings. The molecule has 110 valence electrons. The maximum absolute atomic E-state index is 13.5. The van der Waals surface area contributed by atoms with Gasteiger partial charge in [-0.25, -0.2) is 9.18 Å². The number of aromatic nitrogens is 1. The zero-order chi connectivity index (χ0) is 15.5. The summed E-state index contributed by atoms with van der Waals surface area (Å²) in [5.74, 6) is -0.784. The first-order valence-electron chi connectivity index (χ1n) is 6.63. The molecule has 0 aliphatic heterocycles. The van der Waals surface area contributed by atoms with Gasteiger partial charge in [0.1, 0.15) is 18.2 Å². The molecule has 1 aromatic heterocycles. The van der Waals surface area contributed by atoms with E-state index in [9.17, 15) is 9.18 Å². The largest absolute Gasteiger partial charge is 0.489 e. The van der Waals surface area contributed by atoms with Crippen LogP contribution in [-0.4, -0.2) is 16.1 Å². The maximum Gasteiger partial charge on any atom is 0.337 e. The van der Waals surface area contributed by atoms with Crippen LogP contribution < -0.4 is 4.74 Å². The molecular weight excluding hydrogens is 285 g/mol. The molecule has 0 atom stereocenters. The number of rotatable bonds is 4. The second kappa shape index (κ2) is 5.81. The Morgan fingerprint density at radius 2 is 2.00 bits per heavy atom. The first-order chi connectivity index (χ1) is 10.6. The van der Waals surface area contributed by atoms with Crippen molar-refractivity contribution < 1.29 is 19.0 Å². The van der Waals surface area contributed by atoms with Crippen LogP contribution >= 0.6 is 0 Å². The lowest BCUT2D eigenvalue weighted by molar-refractivity contribution is 0.0696. The number of carbonyl (C=O) groups is 1. The van der Waals surface area contributed by atoms with E-state index in [1.807, 2.05) is 0 Å². The number of aromatic carboxylic acids is 1. The Kier molecular flexibility index (Phi) is 3.70. The zero-order valence-electron chi connectivity index (χ0n) is 11.5. The second-order valence-corrected chi connectivity index (χ2v) is 4.76. The van der Waals surface area contributed by atoms with Gasteiger partial charge in [-0.2, -0.15) is 0 Å². The number of carboxylic acid groups (broad SMARTS) is 1. The van der Waals surface area contributed by atoms with E-state index in [4.69, 9.17) is 9.84 Å². The van der Waals surface area contributed by atoms with Crippen molar-refractivity contribution in [3.63, 3.8) is 0 Å². The molecule has 1 N–H and O–H groups in total. The van der Waals surface area contributed by atoms with Crippen molar-refractivity contribution in [3.8, 4) is 5.75 Å². The number of hydrogen-bond acceptors (Lipinski definition) is 3. The van der Waals surface area contributed by atoms with E-state index in [1.165, 1.54) is 12.3 Å². The Morgan fingerprint density at radius 1 is 1.18 bits per heavy atom. The molecule has 22 heavy (non-hydrogen) atoms. The summed E-state index contributed by atoms with van der Waals surface area (Å²) in [4.78, 5) is 15.0. The van der Waals surface area contributed by atoms with Gasteiger partial charge in [0.05, 0.1) is 11.1 Å². The molecular formula is C17H12FNO3. The third-order valence-electron chi connectivity index (χ3n) is 3.25. The smallest absolute Gasteiger partial charge is 0.337 e. The lowest BCUT2D eigenvalue weighted by atomic mass is 10.1. The lowest BCUT2D eigenvalue weighted by Gasteiger charge is -2.08. The molecule has 0 radical (unpaired) electrons. The third kappa shape index (κ3) is 2.88. The number of ether oxygens (including phenoxy) is 1. The number of fused-ring (bicyclic) bond motifs is 1. The summed E-state index contributed by atoms with van der Waals surface area (Å²) in [5.41, 5.74) is 1.22. The van der Waals surface area contributed by atoms with Crippen LogP contribution in [0.15, 0.2) is 54.7 Å². The van der Waals surface area contributed by atoms with Crippen molar-refractivity contribution in [3.05, 3.63) is 71.7 Å². The predicted octanol–water partition coefficient (Wildman–Crippen LogP) is 3.65. The first kappa shape index (κ1) is 14.0. The van der Waals surface area contributed by atoms with Crippen LogP contribution in [0.3, 0.4) is 0 Å². The van der Waals surface area contributed by atoms with Crippen LogP contribution in [0.1, 0.15) is 15.9 Å². The minimum atomic E-state index is -1.02. The Morgan fingerprint density at radius 3 is 2.77 bits per heavy atom. The fraction of sp³-hybridized carbons (Fsp3) is 0.0588. The normalized spacial score (nSPS) is 10.6. The molecule has 0 amide bonds. The molecule has 2 aromatic carbocycles. The Hall–Kier alpha value is -2.95. The highest BCUT2D eigenvalue weighted by atomic mass is 19.1. The maximum atomic E-state index is 13.5. The van der Waals surface area contributed by atoms with Gasteiger partial charge in [0.2, 0.25) is 0 Å². The van der Waals surface area contributed by atoms with Gasteiger partial charge >= 0.3 is 5.97 Å². The average molecular weight is 297 g/mol. The topological polar surface area (TPSA) is 59.4 Å². The predicted molar refractivity (Wildman–Crippen MR) is 79.4 cm³/mol. The molecule has 0 unspecified atom stereocenters. The minimum Gasteiger partial charge on any atom is -0.489 e. The highest BCUT2D eigenvalue weighted by Crippen LogP contribution is 2.21. The Balaban J connectivity index is 1.82. The number of pyridine rings is 1. The first-order valence-corrected chi connectivity index (χ1v) is 6.63. The van der Waals surface area contributed by atoms with E-state index in [0.29, 0.717) is 22.2 Å². The molecule has 5 heteroatoms. The summed E-state index contributed by atoms with van der Waals surface area (Å²) in [5, 5.41) is 9.64. The Labute approximate surface area is 125 Å². The average Bonchev–Trinajstić information content (AvgIpc) is 2.53. The van der Waals surface area contributed by atoms with Crippen molar-refractivity contribution >= 4 is 16.9 Å². The van der Waals surface area contributed by atoms with Crippen LogP contribution in [0, 0.1) is 5.82 Å². The van der Waals surface area contributed by atoms with Gasteiger partial charge in [0.15, 0.2) is 0 Å². The van der Waals surface area contributed by atoms with E-state index in [2.05, 4.69) is 4.98 Å². The van der Waals surface area contributed by atoms with E-state index in [1.54, 1.807) is 42.5 Å². The van der Waals surface area contributed by atoms with Gasteiger partial charge in [-0.1, -0.05) is 18.2 Å². The summed E-state index contributed by atoms with van der Waals surface area (Å²) in [6.45, 7) is 0.116. The van der Waals surface area contributed by atoms with Crippen molar-refractivity contribution in [1.82, 2.24) is 4.98 Å². The van der Waals surface area contributed by atoms with Gasteiger partial charge < -0.3 is 9.84 Å². The van der Waals surface area contributed by atoms with E-state index < -0.39 is 5.97 Å². The second-order valence-electron chi connectivity index (χ2n) is 4.76. The highest BCUT2D eigenvalue weighted by molar-refractivity contribution is 5.92. The van der Waals surface area contributed by atoms with E-state index >= 15 is 0 Å². The number of nitrogens with zero attached hydrogens (tertiary/aromatic N) is 1. The number of hydrogen-bond donors (Lipinski definition) is 1. The zero-order valence-corrected chi connectivity index (χ0v) is 11.5. The molecule has 0 spiro atoms. The van der Waals surface area contributed by atoms with Crippen molar-refractivity contribution in [2.45, 2.75) is 6.61 Å². The SMILES string of the molecule is O=C(O)c1cnc2cc(OCc3ccccc3F)ccc2c1. The fourth-order valence-electron chi connectivity index (χ4n) is 2.08. The lowest BCUT2D eigenvalue weighted by Crippen LogP contribution is -1.99. The summed E-state index contributed by atoms with van der Waals surface area (Å²) in [7, 11) is 0. The van der Waals surface area contributed by atoms with Crippen LogP contribution in [0.25, 0.3) is 10.9 Å². The monoisotopic (exact) mass is 297 g/mol. The fourth-order valence-corrected chi connectivity index (χ4v) is 2.08. The van der Waals surface area contributed by atoms with Gasteiger partial charge in [-0.15, -0.1) is 0 Å². The summed E-state index contributed by atoms with van der Waals surface area (Å²) < 4.78 is 19.1. The molecule has 3 aromatic rings. The van der Waals surface area contributed by atoms with E-state index in [-0.39, 0.29) is 18.0 Å². The molecule has 0 fully saturated rings. The molecule has 3 rings (SSSR count). The minimum absolute atomic E-state index is 0.116. The van der Waals surface area contributed by atoms with E-state index in [0.717, 1.165) is 0 Å². The summed E-state index contributed by atoms with van der Waals surface area (Å²) in [6.07, 6.45) is 1.30. The quantitative estimate of drug-likeness (QED) is 0.798. The van der Waals surface area contributed by atoms with Crippen molar-refractivity contribution in [2.24, 2.45) is 0 Å². The molecule has 0 saturated heterocycles. The van der Waals surface area contributed by atoms with Crippen LogP contribution in [0.5, 0.6) is 5.75 Å². The van der Waals surface area contributed by atoms with Gasteiger partial charge in [-0.3, -0.25) is 4.98 Å². The summed E-state index contributed by atoms with van der Waals surface area (Å²) >= 11 is 0. The molecule has 0 bridgehead atoms. The van der Waals surface area contributed by atoms with Gasteiger partial charge in [0.25, 0.3) is 0 Å². The number of carboxylic acids is 1. The molecule has 4 nitrogen and oxygen atoms in total. The van der Waals surface area contributed by atoms with Crippen LogP contribution in [-0.2, 0) is 6.61 Å². The molecule has 0 saturated carbocycles. The number of benzene rings is 2. The van der Waals surface area contributed by atoms with Gasteiger partial charge in [0, 0.05) is 23.2 Å². The van der Waals surface area contributed by atoms with Gasteiger partial charge in [-0.05, 0) is 24.3 Å². The standard InChI is InChI=1S/C17H12FNO3/c18-15-4-2-1-3-12(15)10-22-14-6-5-11-7-13(17(20)21)9-19-16(11)8-14/h1-9H,10H2,(H,20,21). The summed E-state index contributed by atoms with van der Waals surface area (Å²) in [6, 6.07) is 13.1. The molecule has 1 heterocycles. The highest BCUT2D eigenvalue weighted by Gasteiger charge is 2.06. The van der Waals surface area contributed by atoms with Crippen LogP contribution in [0.4, 0.5) is 4.39 Å². The Bertz CT molecular complexity index is 848.